The van der Waals surface area contributed by atoms with Crippen LogP contribution in [-0.4, -0.2) is 5.78 Å². The second kappa shape index (κ2) is 6.18. The highest BCUT2D eigenvalue weighted by atomic mass is 16.1. The SMILES string of the molecule is CC(=O)/C=C/C(C)CCc1ccccc1. The summed E-state index contributed by atoms with van der Waals surface area (Å²) < 4.78 is 0. The summed E-state index contributed by atoms with van der Waals surface area (Å²) in [6, 6.07) is 10.4. The number of benzene rings is 1. The second-order valence-electron chi connectivity index (χ2n) is 3.97. The standard InChI is InChI=1S/C14H18O/c1-12(8-10-13(2)15)9-11-14-6-4-3-5-7-14/h3-8,10,12H,9,11H2,1-2H3/b10-8+. The molecule has 0 aliphatic carbocycles. The molecule has 0 heterocycles. The lowest BCUT2D eigenvalue weighted by atomic mass is 10.0. The molecule has 0 N–H and O–H groups in total. The molecular weight excluding hydrogens is 184 g/mol. The summed E-state index contributed by atoms with van der Waals surface area (Å²) in [5.41, 5.74) is 1.36. The number of rotatable bonds is 5. The van der Waals surface area contributed by atoms with E-state index in [0.29, 0.717) is 5.92 Å². The van der Waals surface area contributed by atoms with Crippen molar-refractivity contribution in [2.45, 2.75) is 26.7 Å². The minimum atomic E-state index is 0.126. The summed E-state index contributed by atoms with van der Waals surface area (Å²) in [6.07, 6.45) is 5.82. The van der Waals surface area contributed by atoms with E-state index >= 15 is 0 Å². The highest BCUT2D eigenvalue weighted by Gasteiger charge is 1.98. The monoisotopic (exact) mass is 202 g/mol. The lowest BCUT2D eigenvalue weighted by molar-refractivity contribution is -0.112. The van der Waals surface area contributed by atoms with E-state index in [-0.39, 0.29) is 5.78 Å². The maximum Gasteiger partial charge on any atom is 0.152 e. The molecule has 1 rings (SSSR count). The Morgan fingerprint density at radius 1 is 1.33 bits per heavy atom. The Labute approximate surface area is 91.8 Å². The first-order valence-corrected chi connectivity index (χ1v) is 5.41. The molecule has 0 saturated carbocycles. The maximum atomic E-state index is 10.7. The minimum absolute atomic E-state index is 0.126. The molecule has 1 aromatic carbocycles. The molecule has 0 bridgehead atoms. The predicted octanol–water partition coefficient (Wildman–Crippen LogP) is 3.40. The topological polar surface area (TPSA) is 17.1 Å². The number of carbonyl (C=O) groups excluding carboxylic acids is 1. The van der Waals surface area contributed by atoms with Crippen molar-refractivity contribution in [3.8, 4) is 0 Å². The normalized spacial score (nSPS) is 12.9. The Hall–Kier alpha value is -1.37. The van der Waals surface area contributed by atoms with Crippen molar-refractivity contribution in [3.05, 3.63) is 48.0 Å². The second-order valence-corrected chi connectivity index (χ2v) is 3.97. The van der Waals surface area contributed by atoms with E-state index in [9.17, 15) is 4.79 Å². The molecule has 1 atom stereocenters. The molecule has 80 valence electrons. The van der Waals surface area contributed by atoms with Gasteiger partial charge in [-0.2, -0.15) is 0 Å². The number of hydrogen-bond acceptors (Lipinski definition) is 1. The summed E-state index contributed by atoms with van der Waals surface area (Å²) in [7, 11) is 0. The first-order chi connectivity index (χ1) is 7.18. The van der Waals surface area contributed by atoms with Gasteiger partial charge >= 0.3 is 0 Å². The number of carbonyl (C=O) groups is 1. The molecule has 0 aliphatic rings. The lowest BCUT2D eigenvalue weighted by Crippen LogP contribution is -1.94. The van der Waals surface area contributed by atoms with E-state index < -0.39 is 0 Å². The highest BCUT2D eigenvalue weighted by Crippen LogP contribution is 2.10. The fourth-order valence-corrected chi connectivity index (χ4v) is 1.44. The van der Waals surface area contributed by atoms with E-state index in [0.717, 1.165) is 12.8 Å². The molecule has 0 saturated heterocycles. The van der Waals surface area contributed by atoms with E-state index in [1.54, 1.807) is 13.0 Å². The van der Waals surface area contributed by atoms with E-state index in [1.165, 1.54) is 5.56 Å². The van der Waals surface area contributed by atoms with Gasteiger partial charge < -0.3 is 0 Å². The predicted molar refractivity (Wildman–Crippen MR) is 63.7 cm³/mol. The van der Waals surface area contributed by atoms with Crippen LogP contribution in [0.25, 0.3) is 0 Å². The van der Waals surface area contributed by atoms with Gasteiger partial charge in [0.1, 0.15) is 0 Å². The first kappa shape index (κ1) is 11.7. The Morgan fingerprint density at radius 3 is 2.60 bits per heavy atom. The van der Waals surface area contributed by atoms with E-state index in [1.807, 2.05) is 12.1 Å². The molecule has 1 aromatic rings. The quantitative estimate of drug-likeness (QED) is 0.669. The Balaban J connectivity index is 2.34. The van der Waals surface area contributed by atoms with Crippen LogP contribution in [0, 0.1) is 5.92 Å². The smallest absolute Gasteiger partial charge is 0.152 e. The van der Waals surface area contributed by atoms with Gasteiger partial charge in [-0.05, 0) is 37.3 Å². The fraction of sp³-hybridized carbons (Fsp3) is 0.357. The molecule has 0 spiro atoms. The van der Waals surface area contributed by atoms with Gasteiger partial charge in [0, 0.05) is 0 Å². The van der Waals surface area contributed by atoms with Crippen LogP contribution in [0.5, 0.6) is 0 Å². The van der Waals surface area contributed by atoms with E-state index in [2.05, 4.69) is 31.2 Å². The lowest BCUT2D eigenvalue weighted by Gasteiger charge is -2.05. The summed E-state index contributed by atoms with van der Waals surface area (Å²) in [4.78, 5) is 10.7. The Kier molecular flexibility index (Phi) is 4.82. The van der Waals surface area contributed by atoms with Crippen LogP contribution in [0.4, 0.5) is 0 Å². The van der Waals surface area contributed by atoms with Crippen molar-refractivity contribution in [2.24, 2.45) is 5.92 Å². The van der Waals surface area contributed by atoms with Crippen molar-refractivity contribution >= 4 is 5.78 Å². The molecule has 0 amide bonds. The third-order valence-electron chi connectivity index (χ3n) is 2.39. The van der Waals surface area contributed by atoms with Crippen molar-refractivity contribution in [2.75, 3.05) is 0 Å². The van der Waals surface area contributed by atoms with Gasteiger partial charge in [0.2, 0.25) is 0 Å². The van der Waals surface area contributed by atoms with Crippen LogP contribution in [0.3, 0.4) is 0 Å². The van der Waals surface area contributed by atoms with Gasteiger partial charge in [-0.15, -0.1) is 0 Å². The van der Waals surface area contributed by atoms with Crippen LogP contribution in [0.15, 0.2) is 42.5 Å². The molecule has 15 heavy (non-hydrogen) atoms. The number of allylic oxidation sites excluding steroid dienone is 2. The van der Waals surface area contributed by atoms with Crippen LogP contribution in [0.1, 0.15) is 25.8 Å². The number of ketones is 1. The van der Waals surface area contributed by atoms with Gasteiger partial charge in [0.15, 0.2) is 5.78 Å². The molecule has 0 radical (unpaired) electrons. The van der Waals surface area contributed by atoms with Crippen LogP contribution in [0.2, 0.25) is 0 Å². The summed E-state index contributed by atoms with van der Waals surface area (Å²) in [6.45, 7) is 3.72. The number of hydrogen-bond donors (Lipinski definition) is 0. The van der Waals surface area contributed by atoms with Crippen molar-refractivity contribution in [1.82, 2.24) is 0 Å². The Morgan fingerprint density at radius 2 is 2.00 bits per heavy atom. The van der Waals surface area contributed by atoms with Gasteiger partial charge in [-0.1, -0.05) is 43.3 Å². The van der Waals surface area contributed by atoms with Crippen LogP contribution < -0.4 is 0 Å². The highest BCUT2D eigenvalue weighted by molar-refractivity contribution is 5.87. The zero-order valence-electron chi connectivity index (χ0n) is 9.44. The van der Waals surface area contributed by atoms with Crippen LogP contribution in [-0.2, 0) is 11.2 Å². The zero-order valence-corrected chi connectivity index (χ0v) is 9.44. The summed E-state index contributed by atoms with van der Waals surface area (Å²) >= 11 is 0. The average molecular weight is 202 g/mol. The Bertz CT molecular complexity index is 324. The first-order valence-electron chi connectivity index (χ1n) is 5.41. The largest absolute Gasteiger partial charge is 0.295 e. The van der Waals surface area contributed by atoms with Gasteiger partial charge in [0.25, 0.3) is 0 Å². The average Bonchev–Trinajstić information content (AvgIpc) is 2.25. The molecule has 1 heteroatoms. The molecule has 0 aromatic heterocycles. The molecule has 1 nitrogen and oxygen atoms in total. The summed E-state index contributed by atoms with van der Waals surface area (Å²) in [5, 5.41) is 0. The molecule has 0 aliphatic heterocycles. The van der Waals surface area contributed by atoms with Crippen LogP contribution >= 0.6 is 0 Å². The maximum absolute atomic E-state index is 10.7. The fourth-order valence-electron chi connectivity index (χ4n) is 1.44. The zero-order chi connectivity index (χ0) is 11.1. The van der Waals surface area contributed by atoms with Crippen molar-refractivity contribution in [1.29, 1.82) is 0 Å². The third kappa shape index (κ3) is 5.16. The summed E-state index contributed by atoms with van der Waals surface area (Å²) in [5.74, 6) is 0.593. The minimum Gasteiger partial charge on any atom is -0.295 e. The molecule has 1 unspecified atom stereocenters. The molecular formula is C14H18O. The van der Waals surface area contributed by atoms with Gasteiger partial charge in [0.05, 0.1) is 0 Å². The van der Waals surface area contributed by atoms with Crippen molar-refractivity contribution in [3.63, 3.8) is 0 Å². The van der Waals surface area contributed by atoms with E-state index in [4.69, 9.17) is 0 Å². The molecule has 0 fully saturated rings. The third-order valence-corrected chi connectivity index (χ3v) is 2.39. The van der Waals surface area contributed by atoms with Gasteiger partial charge in [-0.25, -0.2) is 0 Å². The number of aryl methyl sites for hydroxylation is 1. The van der Waals surface area contributed by atoms with Crippen molar-refractivity contribution < 1.29 is 4.79 Å². The van der Waals surface area contributed by atoms with Gasteiger partial charge in [-0.3, -0.25) is 4.79 Å².